The highest BCUT2D eigenvalue weighted by molar-refractivity contribution is 6.36. The zero-order valence-electron chi connectivity index (χ0n) is 23.5. The average Bonchev–Trinajstić information content (AvgIpc) is 3.67. The molecule has 0 spiro atoms. The molecule has 0 amide bonds. The molecule has 0 N–H and O–H groups in total. The monoisotopic (exact) mass is 613 g/mol. The Hall–Kier alpha value is -2.81. The van der Waals surface area contributed by atoms with E-state index in [9.17, 15) is 4.79 Å². The molecule has 1 fully saturated rings. The fourth-order valence-electron chi connectivity index (χ4n) is 5.94. The summed E-state index contributed by atoms with van der Waals surface area (Å²) in [6.45, 7) is 7.40. The van der Waals surface area contributed by atoms with Crippen LogP contribution in [-0.2, 0) is 32.0 Å². The number of ether oxygens (including phenoxy) is 1. The van der Waals surface area contributed by atoms with Crippen molar-refractivity contribution in [1.82, 2.24) is 23.8 Å². The molecule has 10 heteroatoms. The molecular weight excluding hydrogens is 581 g/mol. The fraction of sp³-hybridized carbons (Fsp3) is 0.355. The number of pyridine rings is 1. The first kappa shape index (κ1) is 29.7. The second kappa shape index (κ2) is 12.2. The third-order valence-electron chi connectivity index (χ3n) is 8.00. The molecule has 0 atom stereocenters. The molecule has 0 bridgehead atoms. The summed E-state index contributed by atoms with van der Waals surface area (Å²) in [5.41, 5.74) is 6.03. The van der Waals surface area contributed by atoms with Crippen molar-refractivity contribution in [3.05, 3.63) is 74.6 Å². The van der Waals surface area contributed by atoms with Gasteiger partial charge in [-0.15, -0.1) is 12.4 Å². The summed E-state index contributed by atoms with van der Waals surface area (Å²) < 4.78 is 11.8. The maximum Gasteiger partial charge on any atom is 0.259 e. The van der Waals surface area contributed by atoms with E-state index in [1.165, 1.54) is 25.9 Å². The number of hydrogen-bond acceptors (Lipinski definition) is 4. The molecule has 1 saturated heterocycles. The Kier molecular flexibility index (Phi) is 8.83. The van der Waals surface area contributed by atoms with Gasteiger partial charge in [0.2, 0.25) is 0 Å². The minimum absolute atomic E-state index is 0. The van der Waals surface area contributed by atoms with E-state index in [0.29, 0.717) is 27.8 Å². The zero-order chi connectivity index (χ0) is 28.0. The molecule has 4 heterocycles. The second-order valence-electron chi connectivity index (χ2n) is 10.5. The van der Waals surface area contributed by atoms with Crippen molar-refractivity contribution in [1.29, 1.82) is 0 Å². The van der Waals surface area contributed by atoms with Gasteiger partial charge in [-0.25, -0.2) is 0 Å². The third-order valence-corrected chi connectivity index (χ3v) is 8.54. The molecule has 1 aliphatic rings. The molecule has 0 unspecified atom stereocenters. The van der Waals surface area contributed by atoms with Crippen LogP contribution in [0.15, 0.2) is 53.3 Å². The molecule has 41 heavy (non-hydrogen) atoms. The first-order valence-electron chi connectivity index (χ1n) is 13.8. The topological polar surface area (TPSA) is 57.2 Å². The first-order chi connectivity index (χ1) is 19.4. The van der Waals surface area contributed by atoms with Crippen LogP contribution in [0, 0.1) is 0 Å². The highest BCUT2D eigenvalue weighted by Crippen LogP contribution is 2.35. The lowest BCUT2D eigenvalue weighted by Gasteiger charge is -2.13. The van der Waals surface area contributed by atoms with E-state index >= 15 is 0 Å². The zero-order valence-corrected chi connectivity index (χ0v) is 25.8. The predicted molar refractivity (Wildman–Crippen MR) is 171 cm³/mol. The van der Waals surface area contributed by atoms with E-state index in [-0.39, 0.29) is 18.0 Å². The Morgan fingerprint density at radius 2 is 1.71 bits per heavy atom. The van der Waals surface area contributed by atoms with Crippen LogP contribution in [0.3, 0.4) is 0 Å². The van der Waals surface area contributed by atoms with Crippen molar-refractivity contribution in [2.45, 2.75) is 32.9 Å². The van der Waals surface area contributed by atoms with Crippen LogP contribution in [0.25, 0.3) is 44.3 Å². The molecular formula is C31H34Cl3N5O2. The first-order valence-corrected chi connectivity index (χ1v) is 14.6. The smallest absolute Gasteiger partial charge is 0.259 e. The van der Waals surface area contributed by atoms with Gasteiger partial charge in [0.05, 0.1) is 35.1 Å². The lowest BCUT2D eigenvalue weighted by molar-refractivity contribution is 0.0967. The summed E-state index contributed by atoms with van der Waals surface area (Å²) in [5.74, 6) is 0. The third kappa shape index (κ3) is 5.54. The number of aromatic nitrogens is 4. The van der Waals surface area contributed by atoms with E-state index in [2.05, 4.69) is 40.7 Å². The van der Waals surface area contributed by atoms with E-state index < -0.39 is 0 Å². The van der Waals surface area contributed by atoms with Gasteiger partial charge in [0.25, 0.3) is 5.56 Å². The van der Waals surface area contributed by atoms with E-state index in [0.717, 1.165) is 58.6 Å². The molecule has 0 aliphatic carbocycles. The van der Waals surface area contributed by atoms with Crippen LogP contribution in [0.5, 0.6) is 0 Å². The van der Waals surface area contributed by atoms with Crippen LogP contribution in [0.2, 0.25) is 10.0 Å². The van der Waals surface area contributed by atoms with Crippen LogP contribution >= 0.6 is 35.6 Å². The van der Waals surface area contributed by atoms with Crippen molar-refractivity contribution < 1.29 is 4.74 Å². The van der Waals surface area contributed by atoms with Crippen molar-refractivity contribution in [2.75, 3.05) is 26.2 Å². The number of aryl methyl sites for hydroxylation is 3. The molecule has 1 aliphatic heterocycles. The van der Waals surface area contributed by atoms with Crippen LogP contribution in [-0.4, -0.2) is 50.1 Å². The van der Waals surface area contributed by atoms with Crippen LogP contribution in [0.1, 0.15) is 25.5 Å². The molecule has 0 radical (unpaired) electrons. The van der Waals surface area contributed by atoms with Gasteiger partial charge in [-0.3, -0.25) is 14.0 Å². The Bertz CT molecular complexity index is 1780. The molecule has 0 saturated carbocycles. The maximum atomic E-state index is 13.4. The van der Waals surface area contributed by atoms with Crippen molar-refractivity contribution in [3.63, 3.8) is 0 Å². The molecule has 3 aromatic heterocycles. The summed E-state index contributed by atoms with van der Waals surface area (Å²) in [6.07, 6.45) is 2.58. The largest absolute Gasteiger partial charge is 0.374 e. The minimum Gasteiger partial charge on any atom is -0.374 e. The highest BCUT2D eigenvalue weighted by atomic mass is 35.5. The molecule has 2 aromatic carbocycles. The normalized spacial score (nSPS) is 13.9. The van der Waals surface area contributed by atoms with Crippen molar-refractivity contribution in [2.24, 2.45) is 14.1 Å². The lowest BCUT2D eigenvalue weighted by Crippen LogP contribution is -2.23. The molecule has 216 valence electrons. The van der Waals surface area contributed by atoms with Gasteiger partial charge in [-0.05, 0) is 69.3 Å². The standard InChI is InChI=1S/C31H33Cl2N5O2.ClH/c1-4-38-29(17-22(34-38)19-40-14-13-37-11-5-6-12-37)20-7-10-28-24(15-20)25-18-26(23-9-8-21(32)16-27(23)33)31(39)36(3)30(25)35(28)2;/h7-10,15-18H,4-6,11-14,19H2,1-3H3;1H. The van der Waals surface area contributed by atoms with Crippen LogP contribution < -0.4 is 5.56 Å². The van der Waals surface area contributed by atoms with E-state index in [1.54, 1.807) is 29.8 Å². The lowest BCUT2D eigenvalue weighted by atomic mass is 10.0. The van der Waals surface area contributed by atoms with Gasteiger partial charge >= 0.3 is 0 Å². The van der Waals surface area contributed by atoms with Crippen molar-refractivity contribution >= 4 is 57.5 Å². The number of benzene rings is 2. The Morgan fingerprint density at radius 3 is 2.44 bits per heavy atom. The summed E-state index contributed by atoms with van der Waals surface area (Å²) >= 11 is 12.7. The molecule has 6 rings (SSSR count). The molecule has 5 aromatic rings. The van der Waals surface area contributed by atoms with Gasteiger partial charge in [-0.1, -0.05) is 35.3 Å². The number of nitrogens with zero attached hydrogens (tertiary/aromatic N) is 5. The number of rotatable bonds is 8. The SMILES string of the molecule is CCn1nc(COCCN2CCCC2)cc1-c1ccc2c(c1)c1cc(-c3ccc(Cl)cc3Cl)c(=O)n(C)c1n2C.Cl. The summed E-state index contributed by atoms with van der Waals surface area (Å²) in [6, 6.07) is 15.7. The van der Waals surface area contributed by atoms with Gasteiger partial charge in [0.1, 0.15) is 5.65 Å². The Morgan fingerprint density at radius 1 is 0.927 bits per heavy atom. The number of hydrogen-bond donors (Lipinski definition) is 0. The van der Waals surface area contributed by atoms with E-state index in [1.807, 2.05) is 17.8 Å². The minimum atomic E-state index is -0.110. The van der Waals surface area contributed by atoms with Gasteiger partial charge in [-0.2, -0.15) is 5.10 Å². The van der Waals surface area contributed by atoms with E-state index in [4.69, 9.17) is 33.0 Å². The number of likely N-dealkylation sites (tertiary alicyclic amines) is 1. The van der Waals surface area contributed by atoms with Gasteiger partial charge < -0.3 is 14.2 Å². The summed E-state index contributed by atoms with van der Waals surface area (Å²) in [5, 5.41) is 7.85. The fourth-order valence-corrected chi connectivity index (χ4v) is 6.45. The average molecular weight is 615 g/mol. The Labute approximate surface area is 255 Å². The quantitative estimate of drug-likeness (QED) is 0.178. The molecule has 7 nitrogen and oxygen atoms in total. The summed E-state index contributed by atoms with van der Waals surface area (Å²) in [4.78, 5) is 15.9. The number of fused-ring (bicyclic) bond motifs is 3. The van der Waals surface area contributed by atoms with Crippen LogP contribution in [0.4, 0.5) is 0 Å². The highest BCUT2D eigenvalue weighted by Gasteiger charge is 2.19. The van der Waals surface area contributed by atoms with Gasteiger partial charge in [0.15, 0.2) is 0 Å². The predicted octanol–water partition coefficient (Wildman–Crippen LogP) is 6.92. The second-order valence-corrected chi connectivity index (χ2v) is 11.4. The van der Waals surface area contributed by atoms with Crippen molar-refractivity contribution in [3.8, 4) is 22.4 Å². The summed E-state index contributed by atoms with van der Waals surface area (Å²) in [7, 11) is 3.80. The number of halogens is 3. The van der Waals surface area contributed by atoms with Gasteiger partial charge in [0, 0.05) is 59.7 Å². The maximum absolute atomic E-state index is 13.4. The Balaban J connectivity index is 0.00000337.